The zero-order chi connectivity index (χ0) is 15.9. The second kappa shape index (κ2) is 8.90. The van der Waals surface area contributed by atoms with Crippen LogP contribution < -0.4 is 0 Å². The van der Waals surface area contributed by atoms with Crippen LogP contribution in [0.25, 0.3) is 0 Å². The highest BCUT2D eigenvalue weighted by Crippen LogP contribution is 2.48. The molecule has 0 bridgehead atoms. The molecule has 0 N–H and O–H groups in total. The van der Waals surface area contributed by atoms with Crippen molar-refractivity contribution in [3.63, 3.8) is 0 Å². The molecule has 0 aliphatic heterocycles. The van der Waals surface area contributed by atoms with Gasteiger partial charge in [-0.05, 0) is 61.3 Å². The minimum absolute atomic E-state index is 0.850. The lowest BCUT2D eigenvalue weighted by Gasteiger charge is -2.42. The molecule has 0 nitrogen and oxygen atoms in total. The minimum atomic E-state index is 0.850. The van der Waals surface area contributed by atoms with Gasteiger partial charge < -0.3 is 0 Å². The molecule has 4 atom stereocenters. The first-order chi connectivity index (χ1) is 11.4. The van der Waals surface area contributed by atoms with Crippen LogP contribution in [-0.2, 0) is 0 Å². The lowest BCUT2D eigenvalue weighted by molar-refractivity contribution is 0.113. The predicted octanol–water partition coefficient (Wildman–Crippen LogP) is 7.35. The molecule has 2 saturated carbocycles. The highest BCUT2D eigenvalue weighted by Gasteiger charge is 2.35. The monoisotopic (exact) mass is 312 g/mol. The molecule has 0 radical (unpaired) electrons. The van der Waals surface area contributed by atoms with Crippen molar-refractivity contribution < 1.29 is 0 Å². The zero-order valence-electron chi connectivity index (χ0n) is 15.2. The van der Waals surface area contributed by atoms with Gasteiger partial charge in [-0.15, -0.1) is 0 Å². The third-order valence-corrected chi connectivity index (χ3v) is 6.71. The van der Waals surface area contributed by atoms with E-state index in [0.29, 0.717) is 0 Å². The Morgan fingerprint density at radius 2 is 1.52 bits per heavy atom. The number of fused-ring (bicyclic) bond motifs is 1. The summed E-state index contributed by atoms with van der Waals surface area (Å²) in [5, 5.41) is 0. The molecule has 0 saturated heterocycles. The fraction of sp³-hybridized carbons (Fsp3) is 0.739. The highest BCUT2D eigenvalue weighted by molar-refractivity contribution is 5.20. The maximum absolute atomic E-state index is 2.35. The molecule has 0 aromatic heterocycles. The number of hydrogen-bond donors (Lipinski definition) is 0. The summed E-state index contributed by atoms with van der Waals surface area (Å²) in [5.74, 6) is 4.00. The normalized spacial score (nSPS) is 30.8. The van der Waals surface area contributed by atoms with Crippen LogP contribution in [0.2, 0.25) is 0 Å². The average Bonchev–Trinajstić information content (AvgIpc) is 2.62. The van der Waals surface area contributed by atoms with Crippen LogP contribution in [0.3, 0.4) is 0 Å². The predicted molar refractivity (Wildman–Crippen MR) is 101 cm³/mol. The number of hydrogen-bond acceptors (Lipinski definition) is 0. The molecule has 0 heteroatoms. The Morgan fingerprint density at radius 3 is 2.35 bits per heavy atom. The summed E-state index contributed by atoms with van der Waals surface area (Å²) >= 11 is 0. The Kier molecular flexibility index (Phi) is 6.60. The van der Waals surface area contributed by atoms with E-state index in [9.17, 15) is 0 Å². The van der Waals surface area contributed by atoms with Gasteiger partial charge in [0.2, 0.25) is 0 Å². The smallest absolute Gasteiger partial charge is 0.0159 e. The van der Waals surface area contributed by atoms with Gasteiger partial charge in [-0.25, -0.2) is 0 Å². The molecular formula is C23H36. The van der Waals surface area contributed by atoms with Crippen molar-refractivity contribution in [3.8, 4) is 0 Å². The van der Waals surface area contributed by atoms with Crippen LogP contribution in [0, 0.1) is 17.8 Å². The summed E-state index contributed by atoms with van der Waals surface area (Å²) in [5.41, 5.74) is 1.60. The Bertz CT molecular complexity index is 435. The molecule has 2 aliphatic carbocycles. The summed E-state index contributed by atoms with van der Waals surface area (Å²) in [6, 6.07) is 11.3. The van der Waals surface area contributed by atoms with E-state index in [4.69, 9.17) is 0 Å². The summed E-state index contributed by atoms with van der Waals surface area (Å²) in [4.78, 5) is 0. The Labute approximate surface area is 144 Å². The Balaban J connectivity index is 1.42. The van der Waals surface area contributed by atoms with Crippen LogP contribution in [0.15, 0.2) is 30.3 Å². The second-order valence-electron chi connectivity index (χ2n) is 8.32. The molecular weight excluding hydrogens is 276 g/mol. The molecule has 2 aliphatic rings. The third-order valence-electron chi connectivity index (χ3n) is 6.71. The largest absolute Gasteiger partial charge is 0.0654 e. The topological polar surface area (TPSA) is 0 Å². The SMILES string of the molecule is CCCCCCC[C@H]1CC[C@@H]2C[C@H](c3ccccc3)CC[C@H]2C1. The first-order valence-electron chi connectivity index (χ1n) is 10.4. The quantitative estimate of drug-likeness (QED) is 0.462. The number of benzene rings is 1. The van der Waals surface area contributed by atoms with Crippen molar-refractivity contribution in [3.05, 3.63) is 35.9 Å². The van der Waals surface area contributed by atoms with E-state index >= 15 is 0 Å². The molecule has 1 aromatic carbocycles. The van der Waals surface area contributed by atoms with E-state index in [0.717, 1.165) is 23.7 Å². The molecule has 3 rings (SSSR count). The standard InChI is InChI=1S/C23H36/c1-2-3-4-5-7-10-19-13-14-23-18-22(16-15-21(23)17-19)20-11-8-6-9-12-20/h6,8-9,11-12,19,21-23H,2-5,7,10,13-18H2,1H3/t19-,21-,22+,23+/m0/s1. The minimum Gasteiger partial charge on any atom is -0.0654 e. The van der Waals surface area contributed by atoms with E-state index < -0.39 is 0 Å². The lowest BCUT2D eigenvalue weighted by Crippen LogP contribution is -2.30. The van der Waals surface area contributed by atoms with E-state index in [-0.39, 0.29) is 0 Å². The Morgan fingerprint density at radius 1 is 0.783 bits per heavy atom. The van der Waals surface area contributed by atoms with Crippen LogP contribution in [0.4, 0.5) is 0 Å². The van der Waals surface area contributed by atoms with Gasteiger partial charge in [0, 0.05) is 0 Å². The zero-order valence-corrected chi connectivity index (χ0v) is 15.2. The maximum Gasteiger partial charge on any atom is -0.0159 e. The average molecular weight is 313 g/mol. The molecule has 1 aromatic rings. The van der Waals surface area contributed by atoms with Crippen LogP contribution in [0.5, 0.6) is 0 Å². The number of rotatable bonds is 7. The summed E-state index contributed by atoms with van der Waals surface area (Å²) < 4.78 is 0. The van der Waals surface area contributed by atoms with Crippen molar-refractivity contribution in [2.45, 2.75) is 89.9 Å². The maximum atomic E-state index is 2.35. The third kappa shape index (κ3) is 4.85. The van der Waals surface area contributed by atoms with Crippen molar-refractivity contribution in [2.24, 2.45) is 17.8 Å². The molecule has 0 unspecified atom stereocenters. The van der Waals surface area contributed by atoms with E-state index in [1.807, 2.05) is 0 Å². The summed E-state index contributed by atoms with van der Waals surface area (Å²) in [6.45, 7) is 2.31. The van der Waals surface area contributed by atoms with E-state index in [1.54, 1.807) is 12.0 Å². The molecule has 0 amide bonds. The molecule has 128 valence electrons. The van der Waals surface area contributed by atoms with E-state index in [2.05, 4.69) is 37.3 Å². The van der Waals surface area contributed by atoms with Crippen LogP contribution in [-0.4, -0.2) is 0 Å². The van der Waals surface area contributed by atoms with Crippen molar-refractivity contribution in [2.75, 3.05) is 0 Å². The fourth-order valence-electron chi connectivity index (χ4n) is 5.31. The van der Waals surface area contributed by atoms with Crippen molar-refractivity contribution in [1.82, 2.24) is 0 Å². The van der Waals surface area contributed by atoms with Crippen LogP contribution >= 0.6 is 0 Å². The number of unbranched alkanes of at least 4 members (excludes halogenated alkanes) is 4. The molecule has 0 heterocycles. The van der Waals surface area contributed by atoms with Crippen molar-refractivity contribution >= 4 is 0 Å². The van der Waals surface area contributed by atoms with Gasteiger partial charge >= 0.3 is 0 Å². The van der Waals surface area contributed by atoms with Gasteiger partial charge in [0.1, 0.15) is 0 Å². The van der Waals surface area contributed by atoms with Crippen molar-refractivity contribution in [1.29, 1.82) is 0 Å². The fourth-order valence-corrected chi connectivity index (χ4v) is 5.31. The second-order valence-corrected chi connectivity index (χ2v) is 8.32. The van der Waals surface area contributed by atoms with E-state index in [1.165, 1.54) is 70.6 Å². The molecule has 23 heavy (non-hydrogen) atoms. The van der Waals surface area contributed by atoms with Gasteiger partial charge in [0.25, 0.3) is 0 Å². The summed E-state index contributed by atoms with van der Waals surface area (Å²) in [7, 11) is 0. The lowest BCUT2D eigenvalue weighted by atomic mass is 9.63. The first kappa shape index (κ1) is 17.1. The van der Waals surface area contributed by atoms with Gasteiger partial charge in [0.05, 0.1) is 0 Å². The molecule has 0 spiro atoms. The van der Waals surface area contributed by atoms with Crippen LogP contribution in [0.1, 0.15) is 95.5 Å². The first-order valence-corrected chi connectivity index (χ1v) is 10.4. The molecule has 2 fully saturated rings. The summed E-state index contributed by atoms with van der Waals surface area (Å²) in [6.07, 6.45) is 17.8. The highest BCUT2D eigenvalue weighted by atomic mass is 14.4. The van der Waals surface area contributed by atoms with Gasteiger partial charge in [0.15, 0.2) is 0 Å². The Hall–Kier alpha value is -0.780. The van der Waals surface area contributed by atoms with Gasteiger partial charge in [-0.1, -0.05) is 82.2 Å². The van der Waals surface area contributed by atoms with Gasteiger partial charge in [-0.2, -0.15) is 0 Å². The van der Waals surface area contributed by atoms with Gasteiger partial charge in [-0.3, -0.25) is 0 Å².